The van der Waals surface area contributed by atoms with Crippen LogP contribution in [0.1, 0.15) is 24.0 Å². The molecule has 2 aliphatic rings. The first-order valence-electron chi connectivity index (χ1n) is 7.39. The van der Waals surface area contributed by atoms with Crippen LogP contribution in [0.3, 0.4) is 0 Å². The molecular formula is C16H20N2O3. The highest BCUT2D eigenvalue weighted by atomic mass is 16.5. The summed E-state index contributed by atoms with van der Waals surface area (Å²) in [4.78, 5) is 26.1. The third kappa shape index (κ3) is 2.65. The summed E-state index contributed by atoms with van der Waals surface area (Å²) in [6.45, 7) is 1.34. The molecule has 3 rings (SSSR count). The van der Waals surface area contributed by atoms with E-state index in [1.165, 1.54) is 18.2 Å². The molecule has 1 amide bonds. The molecule has 1 unspecified atom stereocenters. The second kappa shape index (κ2) is 5.85. The minimum atomic E-state index is -0.415. The van der Waals surface area contributed by atoms with E-state index in [2.05, 4.69) is 17.4 Å². The molecule has 2 aliphatic heterocycles. The van der Waals surface area contributed by atoms with Gasteiger partial charge in [0.05, 0.1) is 13.2 Å². The van der Waals surface area contributed by atoms with Crippen molar-refractivity contribution >= 4 is 11.9 Å². The molecule has 0 spiro atoms. The number of benzene rings is 1. The number of nitrogens with zero attached hydrogens (tertiary/aromatic N) is 1. The van der Waals surface area contributed by atoms with E-state index in [4.69, 9.17) is 4.74 Å². The fourth-order valence-corrected chi connectivity index (χ4v) is 3.24. The molecule has 21 heavy (non-hydrogen) atoms. The Kier molecular flexibility index (Phi) is 3.92. The van der Waals surface area contributed by atoms with Gasteiger partial charge in [0.15, 0.2) is 0 Å². The van der Waals surface area contributed by atoms with Crippen molar-refractivity contribution in [2.75, 3.05) is 13.7 Å². The van der Waals surface area contributed by atoms with Gasteiger partial charge in [-0.05, 0) is 30.4 Å². The van der Waals surface area contributed by atoms with Crippen LogP contribution in [-0.2, 0) is 27.3 Å². The highest BCUT2D eigenvalue weighted by molar-refractivity contribution is 5.88. The first-order valence-corrected chi connectivity index (χ1v) is 7.39. The van der Waals surface area contributed by atoms with Gasteiger partial charge in [0.2, 0.25) is 5.91 Å². The summed E-state index contributed by atoms with van der Waals surface area (Å²) in [5, 5.41) is 3.29. The molecule has 5 heteroatoms. The molecule has 1 fully saturated rings. The molecule has 1 aromatic rings. The molecule has 112 valence electrons. The maximum atomic E-state index is 12.7. The van der Waals surface area contributed by atoms with E-state index in [9.17, 15) is 9.59 Å². The van der Waals surface area contributed by atoms with Crippen LogP contribution in [0.2, 0.25) is 0 Å². The SMILES string of the molecule is COC(=O)C1CCCN1C(=O)[C@H]1Cc2ccccc2CN1. The van der Waals surface area contributed by atoms with Gasteiger partial charge in [-0.3, -0.25) is 4.79 Å². The number of esters is 1. The van der Waals surface area contributed by atoms with Crippen molar-refractivity contribution in [1.29, 1.82) is 0 Å². The fourth-order valence-electron chi connectivity index (χ4n) is 3.24. The third-order valence-corrected chi connectivity index (χ3v) is 4.39. The number of likely N-dealkylation sites (tertiary alicyclic amines) is 1. The molecule has 1 aromatic carbocycles. The van der Waals surface area contributed by atoms with Crippen molar-refractivity contribution in [3.8, 4) is 0 Å². The Labute approximate surface area is 124 Å². The summed E-state index contributed by atoms with van der Waals surface area (Å²) in [7, 11) is 1.37. The van der Waals surface area contributed by atoms with Crippen LogP contribution < -0.4 is 5.32 Å². The number of carbonyl (C=O) groups is 2. The van der Waals surface area contributed by atoms with E-state index in [-0.39, 0.29) is 17.9 Å². The van der Waals surface area contributed by atoms with E-state index in [0.29, 0.717) is 25.9 Å². The second-order valence-corrected chi connectivity index (χ2v) is 5.62. The fraction of sp³-hybridized carbons (Fsp3) is 0.500. The summed E-state index contributed by atoms with van der Waals surface area (Å²) < 4.78 is 4.80. The van der Waals surface area contributed by atoms with Gasteiger partial charge in [-0.1, -0.05) is 24.3 Å². The molecule has 0 aliphatic carbocycles. The first-order chi connectivity index (χ1) is 10.2. The lowest BCUT2D eigenvalue weighted by Gasteiger charge is -2.31. The Balaban J connectivity index is 1.73. The molecule has 0 radical (unpaired) electrons. The molecular weight excluding hydrogens is 268 g/mol. The van der Waals surface area contributed by atoms with Gasteiger partial charge < -0.3 is 15.0 Å². The highest BCUT2D eigenvalue weighted by Crippen LogP contribution is 2.23. The topological polar surface area (TPSA) is 58.6 Å². The quantitative estimate of drug-likeness (QED) is 0.820. The molecule has 2 atom stereocenters. The van der Waals surface area contributed by atoms with Crippen LogP contribution >= 0.6 is 0 Å². The Morgan fingerprint density at radius 2 is 2.05 bits per heavy atom. The smallest absolute Gasteiger partial charge is 0.328 e. The number of fused-ring (bicyclic) bond motifs is 1. The highest BCUT2D eigenvalue weighted by Gasteiger charge is 2.38. The van der Waals surface area contributed by atoms with Crippen LogP contribution in [0.5, 0.6) is 0 Å². The number of amides is 1. The Morgan fingerprint density at radius 1 is 1.29 bits per heavy atom. The molecule has 0 bridgehead atoms. The molecule has 1 N–H and O–H groups in total. The number of hydrogen-bond acceptors (Lipinski definition) is 4. The van der Waals surface area contributed by atoms with Crippen LogP contribution in [-0.4, -0.2) is 42.5 Å². The maximum absolute atomic E-state index is 12.7. The van der Waals surface area contributed by atoms with Crippen LogP contribution in [0.4, 0.5) is 0 Å². The molecule has 0 saturated carbocycles. The lowest BCUT2D eigenvalue weighted by molar-refractivity contribution is -0.151. The van der Waals surface area contributed by atoms with Gasteiger partial charge in [-0.15, -0.1) is 0 Å². The minimum absolute atomic E-state index is 0.0115. The zero-order valence-corrected chi connectivity index (χ0v) is 12.2. The summed E-state index contributed by atoms with van der Waals surface area (Å²) >= 11 is 0. The Morgan fingerprint density at radius 3 is 2.81 bits per heavy atom. The number of rotatable bonds is 2. The van der Waals surface area contributed by atoms with Gasteiger partial charge in [0.1, 0.15) is 6.04 Å². The van der Waals surface area contributed by atoms with Gasteiger partial charge >= 0.3 is 5.97 Å². The van der Waals surface area contributed by atoms with Crippen LogP contribution in [0.15, 0.2) is 24.3 Å². The van der Waals surface area contributed by atoms with Gasteiger partial charge in [-0.2, -0.15) is 0 Å². The lowest BCUT2D eigenvalue weighted by atomic mass is 9.95. The average Bonchev–Trinajstić information content (AvgIpc) is 3.02. The predicted molar refractivity (Wildman–Crippen MR) is 77.5 cm³/mol. The predicted octanol–water partition coefficient (Wildman–Crippen LogP) is 0.865. The standard InChI is InChI=1S/C16H20N2O3/c1-21-16(20)14-7-4-8-18(14)15(19)13-9-11-5-2-3-6-12(11)10-17-13/h2-3,5-6,13-14,17H,4,7-10H2,1H3/t13-,14?/m1/s1. The lowest BCUT2D eigenvalue weighted by Crippen LogP contribution is -2.52. The first kappa shape index (κ1) is 14.1. The Hall–Kier alpha value is -1.88. The zero-order chi connectivity index (χ0) is 14.8. The summed E-state index contributed by atoms with van der Waals surface area (Å²) in [5.41, 5.74) is 2.45. The summed E-state index contributed by atoms with van der Waals surface area (Å²) in [6, 6.07) is 7.50. The number of ether oxygens (including phenoxy) is 1. The third-order valence-electron chi connectivity index (χ3n) is 4.39. The van der Waals surface area contributed by atoms with Crippen LogP contribution in [0.25, 0.3) is 0 Å². The monoisotopic (exact) mass is 288 g/mol. The number of nitrogens with one attached hydrogen (secondary N) is 1. The van der Waals surface area contributed by atoms with E-state index < -0.39 is 6.04 Å². The molecule has 5 nitrogen and oxygen atoms in total. The number of methoxy groups -OCH3 is 1. The molecule has 2 heterocycles. The van der Waals surface area contributed by atoms with Crippen molar-refractivity contribution in [2.24, 2.45) is 0 Å². The molecule has 1 saturated heterocycles. The van der Waals surface area contributed by atoms with Gasteiger partial charge in [0, 0.05) is 13.1 Å². The van der Waals surface area contributed by atoms with Crippen molar-refractivity contribution in [3.63, 3.8) is 0 Å². The van der Waals surface area contributed by atoms with E-state index >= 15 is 0 Å². The second-order valence-electron chi connectivity index (χ2n) is 5.62. The number of hydrogen-bond donors (Lipinski definition) is 1. The van der Waals surface area contributed by atoms with E-state index in [0.717, 1.165) is 6.42 Å². The maximum Gasteiger partial charge on any atom is 0.328 e. The number of carbonyl (C=O) groups excluding carboxylic acids is 2. The van der Waals surface area contributed by atoms with Crippen molar-refractivity contribution in [1.82, 2.24) is 10.2 Å². The van der Waals surface area contributed by atoms with E-state index in [1.54, 1.807) is 4.90 Å². The largest absolute Gasteiger partial charge is 0.467 e. The summed E-state index contributed by atoms with van der Waals surface area (Å²) in [6.07, 6.45) is 2.23. The van der Waals surface area contributed by atoms with Crippen molar-refractivity contribution in [2.45, 2.75) is 37.9 Å². The van der Waals surface area contributed by atoms with Crippen LogP contribution in [0, 0.1) is 0 Å². The minimum Gasteiger partial charge on any atom is -0.467 e. The van der Waals surface area contributed by atoms with Crippen molar-refractivity contribution < 1.29 is 14.3 Å². The average molecular weight is 288 g/mol. The van der Waals surface area contributed by atoms with Gasteiger partial charge in [0.25, 0.3) is 0 Å². The normalized spacial score (nSPS) is 24.5. The Bertz CT molecular complexity index is 558. The van der Waals surface area contributed by atoms with Gasteiger partial charge in [-0.25, -0.2) is 4.79 Å². The molecule has 0 aromatic heterocycles. The van der Waals surface area contributed by atoms with E-state index in [1.807, 2.05) is 12.1 Å². The summed E-state index contributed by atoms with van der Waals surface area (Å²) in [5.74, 6) is -0.297. The van der Waals surface area contributed by atoms with Crippen molar-refractivity contribution in [3.05, 3.63) is 35.4 Å². The zero-order valence-electron chi connectivity index (χ0n) is 12.2.